The average molecular weight is 649 g/mol. The molecule has 5 heterocycles. The molecule has 2 fully saturated rings. The molecule has 0 amide bonds. The maximum atomic E-state index is 15.9. The summed E-state index contributed by atoms with van der Waals surface area (Å²) in [6.07, 6.45) is 6.20. The number of aryl methyl sites for hydroxylation is 1. The fourth-order valence-corrected chi connectivity index (χ4v) is 7.85. The van der Waals surface area contributed by atoms with E-state index in [4.69, 9.17) is 9.72 Å². The SMILES string of the molecule is CNc1cc(F)c(F)c2c1Cc1ncc(-c3cnc4c(c3)c(=O)c(C(=O)OCc3ccccc3)cn4C)c(N3CC[C@@H]4CN(C)C[C@@H]43)c1-2. The third kappa shape index (κ3) is 4.75. The van der Waals surface area contributed by atoms with Crippen molar-refractivity contribution in [1.29, 1.82) is 0 Å². The van der Waals surface area contributed by atoms with Gasteiger partial charge in [-0.05, 0) is 36.6 Å². The molecule has 2 saturated heterocycles. The Morgan fingerprint density at radius 2 is 1.88 bits per heavy atom. The molecular weight excluding hydrogens is 614 g/mol. The van der Waals surface area contributed by atoms with E-state index >= 15 is 8.78 Å². The lowest BCUT2D eigenvalue weighted by Crippen LogP contribution is -2.35. The Morgan fingerprint density at radius 1 is 1.06 bits per heavy atom. The van der Waals surface area contributed by atoms with Gasteiger partial charge in [0, 0.05) is 98.8 Å². The molecule has 2 aliphatic heterocycles. The first-order valence-electron chi connectivity index (χ1n) is 16.1. The Kier molecular flexibility index (Phi) is 7.24. The predicted octanol–water partition coefficient (Wildman–Crippen LogP) is 5.38. The molecule has 5 aromatic rings. The summed E-state index contributed by atoms with van der Waals surface area (Å²) in [4.78, 5) is 41.1. The number of likely N-dealkylation sites (N-methyl/N-ethyl adjacent to an activating group) is 1. The monoisotopic (exact) mass is 648 g/mol. The minimum absolute atomic E-state index is 0.0321. The highest BCUT2D eigenvalue weighted by Gasteiger charge is 2.43. The smallest absolute Gasteiger partial charge is 0.344 e. The fraction of sp³-hybridized carbons (Fsp3) is 0.297. The zero-order valence-corrected chi connectivity index (χ0v) is 26.9. The minimum atomic E-state index is -0.926. The Labute approximate surface area is 275 Å². The summed E-state index contributed by atoms with van der Waals surface area (Å²) >= 11 is 0. The molecule has 0 saturated carbocycles. The van der Waals surface area contributed by atoms with Crippen LogP contribution in [0.1, 0.15) is 33.6 Å². The number of halogens is 2. The summed E-state index contributed by atoms with van der Waals surface area (Å²) in [6, 6.07) is 12.4. The quantitative estimate of drug-likeness (QED) is 0.241. The molecule has 8 rings (SSSR count). The highest BCUT2D eigenvalue weighted by molar-refractivity contribution is 5.99. The number of pyridine rings is 3. The van der Waals surface area contributed by atoms with Gasteiger partial charge in [-0.2, -0.15) is 0 Å². The minimum Gasteiger partial charge on any atom is -0.457 e. The number of likely N-dealkylation sites (tertiary alicyclic amines) is 1. The van der Waals surface area contributed by atoms with Gasteiger partial charge >= 0.3 is 5.97 Å². The Morgan fingerprint density at radius 3 is 2.67 bits per heavy atom. The molecule has 48 heavy (non-hydrogen) atoms. The number of carbonyl (C=O) groups is 1. The number of aromatic nitrogens is 3. The van der Waals surface area contributed by atoms with Crippen molar-refractivity contribution >= 4 is 28.4 Å². The van der Waals surface area contributed by atoms with E-state index in [0.29, 0.717) is 51.6 Å². The lowest BCUT2D eigenvalue weighted by molar-refractivity contribution is 0.0470. The van der Waals surface area contributed by atoms with Crippen LogP contribution >= 0.6 is 0 Å². The maximum Gasteiger partial charge on any atom is 0.344 e. The first-order chi connectivity index (χ1) is 23.2. The van der Waals surface area contributed by atoms with E-state index in [0.717, 1.165) is 37.3 Å². The molecule has 2 atom stereocenters. The molecule has 9 nitrogen and oxygen atoms in total. The molecule has 3 aliphatic rings. The van der Waals surface area contributed by atoms with Crippen molar-refractivity contribution in [3.63, 3.8) is 0 Å². The number of hydrogen-bond acceptors (Lipinski definition) is 8. The Balaban J connectivity index is 1.29. The van der Waals surface area contributed by atoms with Crippen LogP contribution in [0.15, 0.2) is 65.8 Å². The summed E-state index contributed by atoms with van der Waals surface area (Å²) in [5.74, 6) is -2.12. The van der Waals surface area contributed by atoms with Crippen molar-refractivity contribution in [3.8, 4) is 22.3 Å². The van der Waals surface area contributed by atoms with Crippen molar-refractivity contribution in [2.45, 2.75) is 25.5 Å². The van der Waals surface area contributed by atoms with E-state index in [1.165, 1.54) is 12.3 Å². The van der Waals surface area contributed by atoms with Gasteiger partial charge in [-0.25, -0.2) is 18.6 Å². The van der Waals surface area contributed by atoms with Crippen LogP contribution in [0, 0.1) is 17.6 Å². The molecule has 3 aromatic heterocycles. The van der Waals surface area contributed by atoms with E-state index in [1.54, 1.807) is 37.1 Å². The van der Waals surface area contributed by atoms with Crippen LogP contribution in [0.4, 0.5) is 20.2 Å². The van der Waals surface area contributed by atoms with Gasteiger partial charge in [-0.15, -0.1) is 0 Å². The number of esters is 1. The Hall–Kier alpha value is -5.16. The maximum absolute atomic E-state index is 15.9. The fourth-order valence-electron chi connectivity index (χ4n) is 7.85. The number of benzene rings is 2. The Bertz CT molecular complexity index is 2190. The van der Waals surface area contributed by atoms with Crippen molar-refractivity contribution in [2.75, 3.05) is 43.9 Å². The van der Waals surface area contributed by atoms with Crippen LogP contribution in [0.3, 0.4) is 0 Å². The molecule has 0 spiro atoms. The summed E-state index contributed by atoms with van der Waals surface area (Å²) in [5, 5.41) is 3.27. The molecular formula is C37H34F2N6O3. The summed E-state index contributed by atoms with van der Waals surface area (Å²) in [5.41, 5.74) is 5.30. The molecule has 0 radical (unpaired) electrons. The van der Waals surface area contributed by atoms with Gasteiger partial charge in [0.25, 0.3) is 0 Å². The van der Waals surface area contributed by atoms with Crippen LogP contribution in [0.25, 0.3) is 33.3 Å². The number of nitrogens with one attached hydrogen (secondary N) is 1. The first-order valence-corrected chi connectivity index (χ1v) is 16.1. The molecule has 244 valence electrons. The summed E-state index contributed by atoms with van der Waals surface area (Å²) in [7, 11) is 5.52. The van der Waals surface area contributed by atoms with Gasteiger partial charge in [-0.1, -0.05) is 30.3 Å². The molecule has 1 N–H and O–H groups in total. The van der Waals surface area contributed by atoms with Crippen LogP contribution in [0.5, 0.6) is 0 Å². The number of ether oxygens (including phenoxy) is 1. The zero-order chi connectivity index (χ0) is 33.3. The van der Waals surface area contributed by atoms with E-state index in [9.17, 15) is 9.59 Å². The summed E-state index contributed by atoms with van der Waals surface area (Å²) < 4.78 is 38.1. The van der Waals surface area contributed by atoms with Crippen LogP contribution in [-0.4, -0.2) is 65.2 Å². The number of fused-ring (bicyclic) bond motifs is 5. The molecule has 0 unspecified atom stereocenters. The topological polar surface area (TPSA) is 92.6 Å². The normalized spacial score (nSPS) is 18.2. The number of rotatable bonds is 6. The second-order valence-corrected chi connectivity index (χ2v) is 13.0. The number of carbonyl (C=O) groups excluding carboxylic acids is 1. The lowest BCUT2D eigenvalue weighted by atomic mass is 9.96. The highest BCUT2D eigenvalue weighted by Crippen LogP contribution is 2.52. The van der Waals surface area contributed by atoms with Crippen LogP contribution in [-0.2, 0) is 24.8 Å². The van der Waals surface area contributed by atoms with E-state index in [-0.39, 0.29) is 29.2 Å². The van der Waals surface area contributed by atoms with Gasteiger partial charge in [-0.3, -0.25) is 9.78 Å². The third-order valence-corrected chi connectivity index (χ3v) is 10.1. The van der Waals surface area contributed by atoms with Crippen molar-refractivity contribution < 1.29 is 18.3 Å². The van der Waals surface area contributed by atoms with Crippen molar-refractivity contribution in [3.05, 3.63) is 105 Å². The van der Waals surface area contributed by atoms with Crippen LogP contribution in [0.2, 0.25) is 0 Å². The number of nitrogens with zero attached hydrogens (tertiary/aromatic N) is 5. The van der Waals surface area contributed by atoms with Gasteiger partial charge in [0.15, 0.2) is 11.6 Å². The largest absolute Gasteiger partial charge is 0.457 e. The van der Waals surface area contributed by atoms with Crippen LogP contribution < -0.4 is 15.6 Å². The van der Waals surface area contributed by atoms with Crippen molar-refractivity contribution in [2.24, 2.45) is 13.0 Å². The second kappa shape index (κ2) is 11.5. The molecule has 0 bridgehead atoms. The van der Waals surface area contributed by atoms with Crippen molar-refractivity contribution in [1.82, 2.24) is 19.4 Å². The highest BCUT2D eigenvalue weighted by atomic mass is 19.2. The van der Waals surface area contributed by atoms with Gasteiger partial charge in [0.1, 0.15) is 17.8 Å². The van der Waals surface area contributed by atoms with E-state index < -0.39 is 23.0 Å². The summed E-state index contributed by atoms with van der Waals surface area (Å²) in [6.45, 7) is 2.58. The second-order valence-electron chi connectivity index (χ2n) is 13.0. The predicted molar refractivity (Wildman–Crippen MR) is 180 cm³/mol. The average Bonchev–Trinajstić information content (AvgIpc) is 3.79. The van der Waals surface area contributed by atoms with Gasteiger partial charge in [0.05, 0.1) is 16.8 Å². The first kappa shape index (κ1) is 30.2. The molecule has 2 aromatic carbocycles. The molecule has 1 aliphatic carbocycles. The number of hydrogen-bond donors (Lipinski definition) is 1. The van der Waals surface area contributed by atoms with E-state index in [2.05, 4.69) is 27.1 Å². The number of anilines is 2. The van der Waals surface area contributed by atoms with Gasteiger partial charge in [0.2, 0.25) is 5.43 Å². The molecule has 11 heteroatoms. The lowest BCUT2D eigenvalue weighted by Gasteiger charge is -2.31. The third-order valence-electron chi connectivity index (χ3n) is 10.1. The zero-order valence-electron chi connectivity index (χ0n) is 26.9. The standard InChI is InChI=1S/C37H34F2N6O3/c1-40-28-13-27(38)33(39)31-23(28)12-29-32(31)34(45-10-9-21-16-43(2)18-30(21)45)25(15-41-29)22-11-24-35(46)26(17-44(3)36(24)42-14-22)37(47)48-19-20-7-5-4-6-8-20/h4-8,11,13-15,17,21,30,40H,9-10,12,16,18-19H2,1-3H3/t21-,30+/m1/s1. The van der Waals surface area contributed by atoms with Gasteiger partial charge < -0.3 is 24.4 Å². The van der Waals surface area contributed by atoms with E-state index in [1.807, 2.05) is 30.3 Å².